The lowest BCUT2D eigenvalue weighted by Gasteiger charge is -2.14. The summed E-state index contributed by atoms with van der Waals surface area (Å²) in [6, 6.07) is 3.73. The molecule has 0 fully saturated rings. The van der Waals surface area contributed by atoms with E-state index in [9.17, 15) is 14.4 Å². The lowest BCUT2D eigenvalue weighted by atomic mass is 10.2. The molecule has 0 saturated carbocycles. The molecule has 0 aliphatic carbocycles. The van der Waals surface area contributed by atoms with Gasteiger partial charge < -0.3 is 19.7 Å². The SMILES string of the molecule is COCCC(NC(=O)CCn1ccccc1=O)C(=O)O. The number of hydrogen-bond donors (Lipinski definition) is 2. The van der Waals surface area contributed by atoms with Gasteiger partial charge in [-0.05, 0) is 6.07 Å². The number of carbonyl (C=O) groups is 2. The molecule has 1 aromatic heterocycles. The number of aromatic nitrogens is 1. The summed E-state index contributed by atoms with van der Waals surface area (Å²) in [5.41, 5.74) is -0.200. The Hall–Kier alpha value is -2.15. The summed E-state index contributed by atoms with van der Waals surface area (Å²) >= 11 is 0. The van der Waals surface area contributed by atoms with Crippen molar-refractivity contribution in [3.63, 3.8) is 0 Å². The summed E-state index contributed by atoms with van der Waals surface area (Å²) in [7, 11) is 1.46. The number of carbonyl (C=O) groups excluding carboxylic acids is 1. The maximum Gasteiger partial charge on any atom is 0.326 e. The molecule has 0 spiro atoms. The van der Waals surface area contributed by atoms with Gasteiger partial charge in [0.25, 0.3) is 5.56 Å². The molecule has 20 heavy (non-hydrogen) atoms. The molecule has 0 aliphatic heterocycles. The summed E-state index contributed by atoms with van der Waals surface area (Å²) in [6.07, 6.45) is 1.82. The van der Waals surface area contributed by atoms with Gasteiger partial charge in [-0.1, -0.05) is 6.07 Å². The fraction of sp³-hybridized carbons (Fsp3) is 0.462. The van der Waals surface area contributed by atoms with Crippen LogP contribution >= 0.6 is 0 Å². The van der Waals surface area contributed by atoms with Crippen molar-refractivity contribution in [2.75, 3.05) is 13.7 Å². The molecule has 0 radical (unpaired) electrons. The topological polar surface area (TPSA) is 97.6 Å². The van der Waals surface area contributed by atoms with E-state index in [-0.39, 0.29) is 31.6 Å². The van der Waals surface area contributed by atoms with Crippen molar-refractivity contribution in [3.8, 4) is 0 Å². The lowest BCUT2D eigenvalue weighted by Crippen LogP contribution is -2.42. The normalized spacial score (nSPS) is 11.8. The highest BCUT2D eigenvalue weighted by atomic mass is 16.5. The molecule has 0 bridgehead atoms. The number of methoxy groups -OCH3 is 1. The van der Waals surface area contributed by atoms with Crippen LogP contribution in [0.1, 0.15) is 12.8 Å². The Labute approximate surface area is 116 Å². The van der Waals surface area contributed by atoms with Crippen molar-refractivity contribution in [1.29, 1.82) is 0 Å². The zero-order chi connectivity index (χ0) is 15.0. The van der Waals surface area contributed by atoms with Gasteiger partial charge in [-0.3, -0.25) is 9.59 Å². The highest BCUT2D eigenvalue weighted by Crippen LogP contribution is 1.95. The Kier molecular flexibility index (Phi) is 6.45. The standard InChI is InChI=1S/C13H18N2O5/c1-20-9-6-10(13(18)19)14-11(16)5-8-15-7-3-2-4-12(15)17/h2-4,7,10H,5-6,8-9H2,1H3,(H,14,16)(H,18,19). The van der Waals surface area contributed by atoms with Crippen molar-refractivity contribution in [1.82, 2.24) is 9.88 Å². The third kappa shape index (κ3) is 5.23. The van der Waals surface area contributed by atoms with Crippen LogP contribution in [0.4, 0.5) is 0 Å². The molecule has 1 heterocycles. The van der Waals surface area contributed by atoms with E-state index in [1.54, 1.807) is 18.3 Å². The van der Waals surface area contributed by atoms with Crippen LogP contribution in [0.2, 0.25) is 0 Å². The Morgan fingerprint density at radius 3 is 2.80 bits per heavy atom. The van der Waals surface area contributed by atoms with Crippen molar-refractivity contribution >= 4 is 11.9 Å². The second kappa shape index (κ2) is 8.11. The molecule has 110 valence electrons. The largest absolute Gasteiger partial charge is 0.480 e. The molecule has 1 atom stereocenters. The van der Waals surface area contributed by atoms with Crippen LogP contribution in [-0.4, -0.2) is 41.3 Å². The molecule has 1 rings (SSSR count). The summed E-state index contributed by atoms with van der Waals surface area (Å²) < 4.78 is 6.18. The zero-order valence-corrected chi connectivity index (χ0v) is 11.2. The predicted molar refractivity (Wildman–Crippen MR) is 71.4 cm³/mol. The fourth-order valence-electron chi connectivity index (χ4n) is 1.63. The van der Waals surface area contributed by atoms with Gasteiger partial charge in [0.1, 0.15) is 6.04 Å². The molecular formula is C13H18N2O5. The van der Waals surface area contributed by atoms with Crippen LogP contribution in [0, 0.1) is 0 Å². The highest BCUT2D eigenvalue weighted by molar-refractivity contribution is 5.83. The average molecular weight is 282 g/mol. The van der Waals surface area contributed by atoms with Crippen molar-refractivity contribution in [2.45, 2.75) is 25.4 Å². The van der Waals surface area contributed by atoms with E-state index in [1.807, 2.05) is 0 Å². The summed E-state index contributed by atoms with van der Waals surface area (Å²) in [4.78, 5) is 34.0. The van der Waals surface area contributed by atoms with E-state index in [4.69, 9.17) is 9.84 Å². The van der Waals surface area contributed by atoms with Gasteiger partial charge in [0.2, 0.25) is 5.91 Å². The Balaban J connectivity index is 2.48. The van der Waals surface area contributed by atoms with Crippen molar-refractivity contribution < 1.29 is 19.4 Å². The number of rotatable bonds is 8. The van der Waals surface area contributed by atoms with Crippen LogP contribution in [0.5, 0.6) is 0 Å². The Bertz CT molecular complexity index is 511. The second-order valence-electron chi connectivity index (χ2n) is 4.22. The first-order valence-corrected chi connectivity index (χ1v) is 6.21. The van der Waals surface area contributed by atoms with Crippen LogP contribution in [0.25, 0.3) is 0 Å². The van der Waals surface area contributed by atoms with Crippen LogP contribution in [0.15, 0.2) is 29.2 Å². The molecule has 1 amide bonds. The molecule has 0 aliphatic rings. The van der Waals surface area contributed by atoms with Crippen LogP contribution in [-0.2, 0) is 20.9 Å². The van der Waals surface area contributed by atoms with E-state index in [1.165, 1.54) is 17.7 Å². The first-order chi connectivity index (χ1) is 9.54. The van der Waals surface area contributed by atoms with E-state index in [0.717, 1.165) is 0 Å². The number of carboxylic acids is 1. The third-order valence-corrected chi connectivity index (χ3v) is 2.72. The molecular weight excluding hydrogens is 264 g/mol. The van der Waals surface area contributed by atoms with E-state index < -0.39 is 17.9 Å². The molecule has 7 nitrogen and oxygen atoms in total. The number of carboxylic acid groups (broad SMARTS) is 1. The van der Waals surface area contributed by atoms with Gasteiger partial charge >= 0.3 is 5.97 Å². The smallest absolute Gasteiger partial charge is 0.326 e. The maximum atomic E-state index is 11.7. The molecule has 0 saturated heterocycles. The summed E-state index contributed by atoms with van der Waals surface area (Å²) in [5, 5.41) is 11.4. The molecule has 1 aromatic rings. The van der Waals surface area contributed by atoms with E-state index >= 15 is 0 Å². The van der Waals surface area contributed by atoms with Gasteiger partial charge in [0, 0.05) is 45.4 Å². The maximum absolute atomic E-state index is 11.7. The zero-order valence-electron chi connectivity index (χ0n) is 11.2. The molecule has 0 aromatic carbocycles. The molecule has 2 N–H and O–H groups in total. The first-order valence-electron chi connectivity index (χ1n) is 6.21. The van der Waals surface area contributed by atoms with Gasteiger partial charge in [-0.15, -0.1) is 0 Å². The third-order valence-electron chi connectivity index (χ3n) is 2.72. The number of nitrogens with zero attached hydrogens (tertiary/aromatic N) is 1. The van der Waals surface area contributed by atoms with Gasteiger partial charge in [-0.25, -0.2) is 4.79 Å². The number of hydrogen-bond acceptors (Lipinski definition) is 4. The minimum Gasteiger partial charge on any atom is -0.480 e. The molecule has 7 heteroatoms. The number of nitrogens with one attached hydrogen (secondary N) is 1. The van der Waals surface area contributed by atoms with Crippen molar-refractivity contribution in [2.24, 2.45) is 0 Å². The second-order valence-corrected chi connectivity index (χ2v) is 4.22. The first kappa shape index (κ1) is 15.9. The minimum atomic E-state index is -1.10. The Morgan fingerprint density at radius 2 is 2.20 bits per heavy atom. The number of aryl methyl sites for hydroxylation is 1. The van der Waals surface area contributed by atoms with Crippen molar-refractivity contribution in [3.05, 3.63) is 34.7 Å². The van der Waals surface area contributed by atoms with Crippen LogP contribution < -0.4 is 10.9 Å². The summed E-state index contributed by atoms with van der Waals surface area (Å²) in [5.74, 6) is -1.52. The van der Waals surface area contributed by atoms with Crippen LogP contribution in [0.3, 0.4) is 0 Å². The van der Waals surface area contributed by atoms with Gasteiger partial charge in [-0.2, -0.15) is 0 Å². The number of ether oxygens (including phenoxy) is 1. The number of amides is 1. The van der Waals surface area contributed by atoms with Gasteiger partial charge in [0.15, 0.2) is 0 Å². The highest BCUT2D eigenvalue weighted by Gasteiger charge is 2.19. The Morgan fingerprint density at radius 1 is 1.45 bits per heavy atom. The minimum absolute atomic E-state index is 0.0423. The molecule has 1 unspecified atom stereocenters. The monoisotopic (exact) mass is 282 g/mol. The van der Waals surface area contributed by atoms with E-state index in [2.05, 4.69) is 5.32 Å². The van der Waals surface area contributed by atoms with Gasteiger partial charge in [0.05, 0.1) is 0 Å². The lowest BCUT2D eigenvalue weighted by molar-refractivity contribution is -0.142. The number of pyridine rings is 1. The average Bonchev–Trinajstić information content (AvgIpc) is 2.42. The predicted octanol–water partition coefficient (Wildman–Crippen LogP) is -0.156. The quantitative estimate of drug-likeness (QED) is 0.690. The van der Waals surface area contributed by atoms with E-state index in [0.29, 0.717) is 0 Å². The fourth-order valence-corrected chi connectivity index (χ4v) is 1.63. The number of aliphatic carboxylic acids is 1. The summed E-state index contributed by atoms with van der Waals surface area (Å²) in [6.45, 7) is 0.456.